The van der Waals surface area contributed by atoms with Gasteiger partial charge in [-0.2, -0.15) is 0 Å². The fourth-order valence-corrected chi connectivity index (χ4v) is 5.85. The smallest absolute Gasteiger partial charge is 0.227 e. The van der Waals surface area contributed by atoms with E-state index in [0.29, 0.717) is 28.9 Å². The third-order valence-corrected chi connectivity index (χ3v) is 7.96. The van der Waals surface area contributed by atoms with Crippen molar-refractivity contribution in [1.82, 2.24) is 19.9 Å². The molecule has 206 valence electrons. The Labute approximate surface area is 251 Å². The topological polar surface area (TPSA) is 77.8 Å². The number of aromatic nitrogens is 4. The van der Waals surface area contributed by atoms with Crippen LogP contribution in [0.2, 0.25) is 0 Å². The number of oxazole rings is 1. The van der Waals surface area contributed by atoms with Crippen LogP contribution in [0.1, 0.15) is 0 Å². The molecule has 0 atom stereocenters. The Balaban J connectivity index is 1.28. The molecule has 0 aliphatic carbocycles. The largest absolute Gasteiger partial charge is 0.456 e. The lowest BCUT2D eigenvalue weighted by atomic mass is 10.0. The molecule has 9 aromatic rings. The SMILES string of the molecule is c1ccc(-c2nc(-c3ccc4c(c3)oc3ccccc34)nc(-c3cccc4ccc5nc(-c6ccccc6)oc5c34)n2)cc1. The lowest BCUT2D eigenvalue weighted by Gasteiger charge is -2.10. The average Bonchev–Trinajstić information content (AvgIpc) is 3.70. The molecule has 6 heteroatoms. The van der Waals surface area contributed by atoms with E-state index in [9.17, 15) is 0 Å². The Hall–Kier alpha value is -6.14. The molecule has 0 saturated heterocycles. The third-order valence-electron chi connectivity index (χ3n) is 7.96. The normalized spacial score (nSPS) is 11.6. The van der Waals surface area contributed by atoms with Crippen molar-refractivity contribution in [2.45, 2.75) is 0 Å². The predicted octanol–water partition coefficient (Wildman–Crippen LogP) is 9.73. The minimum atomic E-state index is 0.550. The molecule has 0 fully saturated rings. The molecular formula is C38H22N4O2. The van der Waals surface area contributed by atoms with Crippen LogP contribution in [0.25, 0.3) is 89.4 Å². The van der Waals surface area contributed by atoms with Crippen LogP contribution in [0.4, 0.5) is 0 Å². The zero-order valence-corrected chi connectivity index (χ0v) is 23.3. The average molecular weight is 567 g/mol. The van der Waals surface area contributed by atoms with Gasteiger partial charge in [0.2, 0.25) is 5.89 Å². The molecule has 0 aliphatic heterocycles. The highest BCUT2D eigenvalue weighted by Gasteiger charge is 2.19. The van der Waals surface area contributed by atoms with E-state index in [0.717, 1.165) is 60.5 Å². The predicted molar refractivity (Wildman–Crippen MR) is 174 cm³/mol. The monoisotopic (exact) mass is 566 g/mol. The molecule has 44 heavy (non-hydrogen) atoms. The standard InChI is InChI=1S/C38H22N4O2/c1-3-10-24(11-4-1)35-40-36(26-18-20-28-27-15-7-8-17-31(27)43-32(28)22-26)42-37(41-35)29-16-9-14-23-19-21-30-34(33(23)29)44-38(39-30)25-12-5-2-6-13-25/h1-22H. The van der Waals surface area contributed by atoms with Gasteiger partial charge in [0.05, 0.1) is 0 Å². The maximum Gasteiger partial charge on any atom is 0.227 e. The molecule has 0 N–H and O–H groups in total. The van der Waals surface area contributed by atoms with Crippen LogP contribution < -0.4 is 0 Å². The molecule has 9 rings (SSSR count). The van der Waals surface area contributed by atoms with Crippen LogP contribution in [0.5, 0.6) is 0 Å². The summed E-state index contributed by atoms with van der Waals surface area (Å²) in [5.41, 5.74) is 6.61. The van der Waals surface area contributed by atoms with Crippen molar-refractivity contribution in [2.75, 3.05) is 0 Å². The summed E-state index contributed by atoms with van der Waals surface area (Å²) in [5, 5.41) is 4.05. The van der Waals surface area contributed by atoms with Crippen LogP contribution in [-0.4, -0.2) is 19.9 Å². The van der Waals surface area contributed by atoms with Crippen molar-refractivity contribution < 1.29 is 8.83 Å². The van der Waals surface area contributed by atoms with Crippen molar-refractivity contribution in [3.63, 3.8) is 0 Å². The Morgan fingerprint density at radius 1 is 0.432 bits per heavy atom. The summed E-state index contributed by atoms with van der Waals surface area (Å²) >= 11 is 0. The first kappa shape index (κ1) is 24.5. The molecule has 0 unspecified atom stereocenters. The lowest BCUT2D eigenvalue weighted by molar-refractivity contribution is 0.623. The van der Waals surface area contributed by atoms with E-state index in [-0.39, 0.29) is 0 Å². The number of furan rings is 1. The maximum atomic E-state index is 6.44. The second kappa shape index (κ2) is 9.71. The van der Waals surface area contributed by atoms with Gasteiger partial charge in [-0.15, -0.1) is 0 Å². The zero-order chi connectivity index (χ0) is 29.0. The van der Waals surface area contributed by atoms with E-state index in [2.05, 4.69) is 24.3 Å². The van der Waals surface area contributed by atoms with Gasteiger partial charge < -0.3 is 8.83 Å². The van der Waals surface area contributed by atoms with Crippen molar-refractivity contribution >= 4 is 43.8 Å². The number of nitrogens with zero attached hydrogens (tertiary/aromatic N) is 4. The van der Waals surface area contributed by atoms with E-state index in [1.165, 1.54) is 0 Å². The Morgan fingerprint density at radius 3 is 1.98 bits per heavy atom. The van der Waals surface area contributed by atoms with Crippen LogP contribution in [0.3, 0.4) is 0 Å². The van der Waals surface area contributed by atoms with Gasteiger partial charge in [0.15, 0.2) is 23.1 Å². The Bertz CT molecular complexity index is 2500. The molecule has 0 amide bonds. The molecule has 0 bridgehead atoms. The van der Waals surface area contributed by atoms with Gasteiger partial charge in [0.25, 0.3) is 0 Å². The van der Waals surface area contributed by atoms with Crippen LogP contribution in [-0.2, 0) is 0 Å². The molecule has 0 radical (unpaired) electrons. The van der Waals surface area contributed by atoms with Gasteiger partial charge in [0.1, 0.15) is 16.7 Å². The first-order chi connectivity index (χ1) is 21.8. The second-order valence-corrected chi connectivity index (χ2v) is 10.7. The number of hydrogen-bond donors (Lipinski definition) is 0. The summed E-state index contributed by atoms with van der Waals surface area (Å²) in [7, 11) is 0. The Morgan fingerprint density at radius 2 is 1.14 bits per heavy atom. The fraction of sp³-hybridized carbons (Fsp3) is 0. The summed E-state index contributed by atoms with van der Waals surface area (Å²) in [6, 6.07) is 44.3. The fourth-order valence-electron chi connectivity index (χ4n) is 5.85. The van der Waals surface area contributed by atoms with E-state index in [1.54, 1.807) is 0 Å². The van der Waals surface area contributed by atoms with E-state index >= 15 is 0 Å². The highest BCUT2D eigenvalue weighted by molar-refractivity contribution is 6.11. The first-order valence-electron chi connectivity index (χ1n) is 14.4. The molecule has 0 spiro atoms. The van der Waals surface area contributed by atoms with Gasteiger partial charge in [-0.25, -0.2) is 19.9 Å². The maximum absolute atomic E-state index is 6.44. The van der Waals surface area contributed by atoms with Gasteiger partial charge in [-0.3, -0.25) is 0 Å². The second-order valence-electron chi connectivity index (χ2n) is 10.7. The Kier molecular flexibility index (Phi) is 5.40. The van der Waals surface area contributed by atoms with Crippen molar-refractivity contribution in [1.29, 1.82) is 0 Å². The highest BCUT2D eigenvalue weighted by Crippen LogP contribution is 2.37. The van der Waals surface area contributed by atoms with Crippen molar-refractivity contribution in [2.24, 2.45) is 0 Å². The summed E-state index contributed by atoms with van der Waals surface area (Å²) < 4.78 is 12.6. The summed E-state index contributed by atoms with van der Waals surface area (Å²) in [6.07, 6.45) is 0. The molecule has 0 saturated carbocycles. The number of rotatable bonds is 4. The van der Waals surface area contributed by atoms with Crippen LogP contribution in [0.15, 0.2) is 142 Å². The molecule has 3 heterocycles. The quantitative estimate of drug-likeness (QED) is 0.211. The van der Waals surface area contributed by atoms with Crippen LogP contribution >= 0.6 is 0 Å². The number of fused-ring (bicyclic) bond motifs is 6. The van der Waals surface area contributed by atoms with Gasteiger partial charge in [0, 0.05) is 38.4 Å². The molecule has 3 aromatic heterocycles. The van der Waals surface area contributed by atoms with Gasteiger partial charge in [-0.1, -0.05) is 97.1 Å². The zero-order valence-electron chi connectivity index (χ0n) is 23.3. The highest BCUT2D eigenvalue weighted by atomic mass is 16.3. The van der Waals surface area contributed by atoms with Gasteiger partial charge in [-0.05, 0) is 41.8 Å². The first-order valence-corrected chi connectivity index (χ1v) is 14.4. The minimum absolute atomic E-state index is 0.550. The molecule has 6 nitrogen and oxygen atoms in total. The number of benzene rings is 6. The van der Waals surface area contributed by atoms with Crippen molar-refractivity contribution in [3.8, 4) is 45.6 Å². The summed E-state index contributed by atoms with van der Waals surface area (Å²) in [6.45, 7) is 0. The van der Waals surface area contributed by atoms with E-state index in [1.807, 2.05) is 109 Å². The summed E-state index contributed by atoms with van der Waals surface area (Å²) in [5.74, 6) is 2.27. The number of para-hydroxylation sites is 1. The van der Waals surface area contributed by atoms with E-state index < -0.39 is 0 Å². The summed E-state index contributed by atoms with van der Waals surface area (Å²) in [4.78, 5) is 19.8. The molecular weight excluding hydrogens is 544 g/mol. The van der Waals surface area contributed by atoms with Crippen molar-refractivity contribution in [3.05, 3.63) is 133 Å². The molecule has 0 aliphatic rings. The molecule has 6 aromatic carbocycles. The van der Waals surface area contributed by atoms with Crippen LogP contribution in [0, 0.1) is 0 Å². The minimum Gasteiger partial charge on any atom is -0.456 e. The number of hydrogen-bond acceptors (Lipinski definition) is 6. The van der Waals surface area contributed by atoms with E-state index in [4.69, 9.17) is 28.8 Å². The third kappa shape index (κ3) is 3.96. The van der Waals surface area contributed by atoms with Gasteiger partial charge >= 0.3 is 0 Å². The lowest BCUT2D eigenvalue weighted by Crippen LogP contribution is -2.00.